The lowest BCUT2D eigenvalue weighted by atomic mass is 9.89. The lowest BCUT2D eigenvalue weighted by molar-refractivity contribution is -0.121. The van der Waals surface area contributed by atoms with Crippen LogP contribution in [0.2, 0.25) is 0 Å². The number of carbonyl (C=O) groups is 1. The van der Waals surface area contributed by atoms with Crippen LogP contribution in [0.1, 0.15) is 18.9 Å². The predicted octanol–water partition coefficient (Wildman–Crippen LogP) is 0.997. The van der Waals surface area contributed by atoms with Crippen LogP contribution in [-0.4, -0.2) is 13.0 Å². The van der Waals surface area contributed by atoms with Gasteiger partial charge in [0.1, 0.15) is 0 Å². The Kier molecular flexibility index (Phi) is 3.25. The van der Waals surface area contributed by atoms with Gasteiger partial charge in [0.05, 0.1) is 0 Å². The van der Waals surface area contributed by atoms with Crippen LogP contribution in [0.5, 0.6) is 0 Å². The van der Waals surface area contributed by atoms with Gasteiger partial charge in [-0.05, 0) is 12.5 Å². The standard InChI is InChI=1S/C11H16N2O/c1-11(12,8-10(14)13-2)9-6-4-3-5-7-9/h3-7H,8,12H2,1-2H3,(H,13,14)/t11-/m1/s1. The van der Waals surface area contributed by atoms with Gasteiger partial charge in [-0.1, -0.05) is 30.3 Å². The summed E-state index contributed by atoms with van der Waals surface area (Å²) in [6.07, 6.45) is 0.299. The molecule has 0 aliphatic heterocycles. The van der Waals surface area contributed by atoms with Crippen LogP contribution in [0.3, 0.4) is 0 Å². The van der Waals surface area contributed by atoms with Crippen molar-refractivity contribution in [2.45, 2.75) is 18.9 Å². The van der Waals surface area contributed by atoms with E-state index in [1.807, 2.05) is 37.3 Å². The highest BCUT2D eigenvalue weighted by Crippen LogP contribution is 2.20. The second kappa shape index (κ2) is 4.24. The van der Waals surface area contributed by atoms with Gasteiger partial charge in [0, 0.05) is 19.0 Å². The molecule has 14 heavy (non-hydrogen) atoms. The predicted molar refractivity (Wildman–Crippen MR) is 56.7 cm³/mol. The Hall–Kier alpha value is -1.35. The van der Waals surface area contributed by atoms with E-state index < -0.39 is 5.54 Å². The number of rotatable bonds is 3. The average molecular weight is 192 g/mol. The number of nitrogens with two attached hydrogens (primary N) is 1. The van der Waals surface area contributed by atoms with E-state index >= 15 is 0 Å². The molecule has 0 radical (unpaired) electrons. The molecule has 0 aromatic heterocycles. The minimum Gasteiger partial charge on any atom is -0.359 e. The van der Waals surface area contributed by atoms with E-state index in [-0.39, 0.29) is 5.91 Å². The Morgan fingerprint density at radius 2 is 2.00 bits per heavy atom. The Balaban J connectivity index is 2.80. The summed E-state index contributed by atoms with van der Waals surface area (Å²) in [6, 6.07) is 9.64. The fraction of sp³-hybridized carbons (Fsp3) is 0.364. The fourth-order valence-corrected chi connectivity index (χ4v) is 1.34. The zero-order valence-electron chi connectivity index (χ0n) is 8.58. The number of hydrogen-bond acceptors (Lipinski definition) is 2. The first-order chi connectivity index (χ1) is 6.56. The second-order valence-corrected chi connectivity index (χ2v) is 3.63. The topological polar surface area (TPSA) is 55.1 Å². The second-order valence-electron chi connectivity index (χ2n) is 3.63. The molecular formula is C11H16N2O. The molecule has 0 fully saturated rings. The molecule has 1 aromatic rings. The van der Waals surface area contributed by atoms with Crippen molar-refractivity contribution in [3.8, 4) is 0 Å². The molecular weight excluding hydrogens is 176 g/mol. The quantitative estimate of drug-likeness (QED) is 0.750. The van der Waals surface area contributed by atoms with Crippen LogP contribution < -0.4 is 11.1 Å². The Labute approximate surface area is 84.3 Å². The van der Waals surface area contributed by atoms with Gasteiger partial charge in [0.15, 0.2) is 0 Å². The van der Waals surface area contributed by atoms with Crippen molar-refractivity contribution in [2.24, 2.45) is 5.73 Å². The monoisotopic (exact) mass is 192 g/mol. The molecule has 1 atom stereocenters. The first-order valence-corrected chi connectivity index (χ1v) is 4.61. The van der Waals surface area contributed by atoms with Crippen molar-refractivity contribution in [3.63, 3.8) is 0 Å². The number of hydrogen-bond donors (Lipinski definition) is 2. The van der Waals surface area contributed by atoms with Gasteiger partial charge in [0.2, 0.25) is 5.91 Å². The number of nitrogens with one attached hydrogen (secondary N) is 1. The Morgan fingerprint density at radius 3 is 2.50 bits per heavy atom. The average Bonchev–Trinajstić information content (AvgIpc) is 2.18. The highest BCUT2D eigenvalue weighted by Gasteiger charge is 2.23. The number of carbonyl (C=O) groups excluding carboxylic acids is 1. The zero-order chi connectivity index (χ0) is 10.6. The van der Waals surface area contributed by atoms with Crippen LogP contribution >= 0.6 is 0 Å². The summed E-state index contributed by atoms with van der Waals surface area (Å²) in [6.45, 7) is 1.86. The van der Waals surface area contributed by atoms with Crippen molar-refractivity contribution < 1.29 is 4.79 Å². The summed E-state index contributed by atoms with van der Waals surface area (Å²) in [5.41, 5.74) is 6.43. The SMILES string of the molecule is CNC(=O)C[C@@](C)(N)c1ccccc1. The van der Waals surface area contributed by atoms with Crippen LogP contribution in [0.25, 0.3) is 0 Å². The molecule has 0 bridgehead atoms. The summed E-state index contributed by atoms with van der Waals surface area (Å²) in [7, 11) is 1.61. The van der Waals surface area contributed by atoms with Gasteiger partial charge in [-0.2, -0.15) is 0 Å². The third-order valence-corrected chi connectivity index (χ3v) is 2.24. The van der Waals surface area contributed by atoms with E-state index in [1.165, 1.54) is 0 Å². The van der Waals surface area contributed by atoms with Crippen molar-refractivity contribution in [1.82, 2.24) is 5.32 Å². The van der Waals surface area contributed by atoms with E-state index in [1.54, 1.807) is 7.05 Å². The van der Waals surface area contributed by atoms with E-state index in [2.05, 4.69) is 5.32 Å². The summed E-state index contributed by atoms with van der Waals surface area (Å²) >= 11 is 0. The normalized spacial score (nSPS) is 14.5. The van der Waals surface area contributed by atoms with Crippen LogP contribution in [0, 0.1) is 0 Å². The molecule has 3 heteroatoms. The molecule has 1 amide bonds. The molecule has 0 unspecified atom stereocenters. The van der Waals surface area contributed by atoms with Gasteiger partial charge in [-0.3, -0.25) is 4.79 Å². The van der Waals surface area contributed by atoms with Gasteiger partial charge < -0.3 is 11.1 Å². The maximum atomic E-state index is 11.2. The highest BCUT2D eigenvalue weighted by atomic mass is 16.1. The lowest BCUT2D eigenvalue weighted by Gasteiger charge is -2.24. The zero-order valence-corrected chi connectivity index (χ0v) is 8.58. The van der Waals surface area contributed by atoms with E-state index in [0.29, 0.717) is 6.42 Å². The van der Waals surface area contributed by atoms with E-state index in [4.69, 9.17) is 5.73 Å². The van der Waals surface area contributed by atoms with Crippen molar-refractivity contribution in [1.29, 1.82) is 0 Å². The molecule has 1 aromatic carbocycles. The third kappa shape index (κ3) is 2.57. The number of benzene rings is 1. The van der Waals surface area contributed by atoms with Crippen LogP contribution in [-0.2, 0) is 10.3 Å². The molecule has 0 heterocycles. The number of amides is 1. The van der Waals surface area contributed by atoms with Crippen molar-refractivity contribution in [3.05, 3.63) is 35.9 Å². The minimum absolute atomic E-state index is 0.0427. The molecule has 0 spiro atoms. The minimum atomic E-state index is -0.596. The van der Waals surface area contributed by atoms with Crippen LogP contribution in [0.15, 0.2) is 30.3 Å². The Bertz CT molecular complexity index is 306. The fourth-order valence-electron chi connectivity index (χ4n) is 1.34. The molecule has 0 aliphatic carbocycles. The highest BCUT2D eigenvalue weighted by molar-refractivity contribution is 5.77. The van der Waals surface area contributed by atoms with E-state index in [0.717, 1.165) is 5.56 Å². The summed E-state index contributed by atoms with van der Waals surface area (Å²) in [4.78, 5) is 11.2. The molecule has 0 saturated carbocycles. The summed E-state index contributed by atoms with van der Waals surface area (Å²) in [5, 5.41) is 2.57. The summed E-state index contributed by atoms with van der Waals surface area (Å²) in [5.74, 6) is -0.0427. The van der Waals surface area contributed by atoms with Gasteiger partial charge in [0.25, 0.3) is 0 Å². The summed E-state index contributed by atoms with van der Waals surface area (Å²) < 4.78 is 0. The molecule has 0 saturated heterocycles. The lowest BCUT2D eigenvalue weighted by Crippen LogP contribution is -2.38. The third-order valence-electron chi connectivity index (χ3n) is 2.24. The maximum Gasteiger partial charge on any atom is 0.221 e. The van der Waals surface area contributed by atoms with Crippen molar-refractivity contribution >= 4 is 5.91 Å². The van der Waals surface area contributed by atoms with Gasteiger partial charge in [-0.15, -0.1) is 0 Å². The largest absolute Gasteiger partial charge is 0.359 e. The van der Waals surface area contributed by atoms with Gasteiger partial charge >= 0.3 is 0 Å². The molecule has 1 rings (SSSR count). The maximum absolute atomic E-state index is 11.2. The molecule has 76 valence electrons. The van der Waals surface area contributed by atoms with Crippen molar-refractivity contribution in [2.75, 3.05) is 7.05 Å². The van der Waals surface area contributed by atoms with Gasteiger partial charge in [-0.25, -0.2) is 0 Å². The first-order valence-electron chi connectivity index (χ1n) is 4.61. The molecule has 3 nitrogen and oxygen atoms in total. The van der Waals surface area contributed by atoms with E-state index in [9.17, 15) is 4.79 Å². The molecule has 0 aliphatic rings. The first kappa shape index (κ1) is 10.7. The Morgan fingerprint density at radius 1 is 1.43 bits per heavy atom. The smallest absolute Gasteiger partial charge is 0.221 e. The van der Waals surface area contributed by atoms with Crippen LogP contribution in [0.4, 0.5) is 0 Å². The molecule has 3 N–H and O–H groups in total.